The van der Waals surface area contributed by atoms with Crippen molar-refractivity contribution in [3.63, 3.8) is 0 Å². The molecular weight excluding hydrogens is 481 g/mol. The van der Waals surface area contributed by atoms with E-state index in [4.69, 9.17) is 0 Å². The summed E-state index contributed by atoms with van der Waals surface area (Å²) < 4.78 is 42.7. The molecule has 2 amide bonds. The van der Waals surface area contributed by atoms with Crippen LogP contribution in [0.25, 0.3) is 0 Å². The summed E-state index contributed by atoms with van der Waals surface area (Å²) >= 11 is 0. The fourth-order valence-electron chi connectivity index (χ4n) is 3.52. The fourth-order valence-corrected chi connectivity index (χ4v) is 3.52. The maximum Gasteiger partial charge on any atom is 0.573 e. The molecule has 0 atom stereocenters. The van der Waals surface area contributed by atoms with E-state index in [0.29, 0.717) is 36.8 Å². The largest absolute Gasteiger partial charge is 0.573 e. The van der Waals surface area contributed by atoms with Gasteiger partial charge in [0.1, 0.15) is 11.4 Å². The normalized spacial score (nSPS) is 15.3. The molecule has 14 heteroatoms. The quantitative estimate of drug-likeness (QED) is 0.322. The van der Waals surface area contributed by atoms with Crippen LogP contribution in [-0.4, -0.2) is 44.7 Å². The Morgan fingerprint density at radius 1 is 1.19 bits per heavy atom. The number of alkyl halides is 3. The van der Waals surface area contributed by atoms with Gasteiger partial charge in [-0.05, 0) is 49.3 Å². The Labute approximate surface area is 205 Å². The molecule has 0 saturated heterocycles. The van der Waals surface area contributed by atoms with Gasteiger partial charge in [0.25, 0.3) is 5.91 Å². The highest BCUT2D eigenvalue weighted by Gasteiger charge is 2.31. The van der Waals surface area contributed by atoms with Gasteiger partial charge in [-0.15, -0.1) is 23.8 Å². The Balaban J connectivity index is 1.14. The van der Waals surface area contributed by atoms with Crippen LogP contribution in [0.15, 0.2) is 42.4 Å². The Morgan fingerprint density at radius 2 is 2.00 bits per heavy atom. The number of hydrogen-bond acceptors (Lipinski definition) is 8. The maximum atomic E-state index is 12.4. The molecule has 1 aromatic carbocycles. The van der Waals surface area contributed by atoms with E-state index in [-0.39, 0.29) is 23.9 Å². The Hall–Kier alpha value is -3.81. The van der Waals surface area contributed by atoms with Gasteiger partial charge >= 0.3 is 6.36 Å². The number of aryl methyl sites for hydroxylation is 1. The summed E-state index contributed by atoms with van der Waals surface area (Å²) in [6.45, 7) is 1.27. The van der Waals surface area contributed by atoms with E-state index in [2.05, 4.69) is 36.6 Å². The van der Waals surface area contributed by atoms with Gasteiger partial charge in [-0.2, -0.15) is 0 Å². The molecule has 1 saturated carbocycles. The van der Waals surface area contributed by atoms with Crippen molar-refractivity contribution in [1.82, 2.24) is 36.3 Å². The van der Waals surface area contributed by atoms with Crippen molar-refractivity contribution in [2.45, 2.75) is 51.6 Å². The highest BCUT2D eigenvalue weighted by atomic mass is 19.4. The van der Waals surface area contributed by atoms with Gasteiger partial charge in [0.15, 0.2) is 5.82 Å². The Morgan fingerprint density at radius 3 is 2.78 bits per heavy atom. The lowest BCUT2D eigenvalue weighted by atomic mass is 10.2. The molecule has 2 aromatic rings. The van der Waals surface area contributed by atoms with E-state index < -0.39 is 12.3 Å². The zero-order valence-electron chi connectivity index (χ0n) is 19.3. The lowest BCUT2D eigenvalue weighted by molar-refractivity contribution is -0.274. The molecule has 1 fully saturated rings. The van der Waals surface area contributed by atoms with Gasteiger partial charge in [-0.3, -0.25) is 24.7 Å². The third-order valence-electron chi connectivity index (χ3n) is 5.46. The number of unbranched alkanes of at least 4 members (excludes halogenated alkanes) is 1. The molecular formula is C22H27F3N8O3. The molecule has 194 valence electrons. The lowest BCUT2D eigenvalue weighted by Crippen LogP contribution is -2.39. The zero-order chi connectivity index (χ0) is 25.5. The second-order valence-corrected chi connectivity index (χ2v) is 8.62. The molecule has 4 rings (SSSR count). The van der Waals surface area contributed by atoms with Crippen molar-refractivity contribution in [2.75, 3.05) is 11.9 Å². The minimum atomic E-state index is -4.78. The van der Waals surface area contributed by atoms with E-state index in [1.165, 1.54) is 18.2 Å². The van der Waals surface area contributed by atoms with Crippen molar-refractivity contribution < 1.29 is 27.5 Å². The van der Waals surface area contributed by atoms with Crippen LogP contribution >= 0.6 is 0 Å². The molecule has 0 bridgehead atoms. The minimum absolute atomic E-state index is 0.0345. The SMILES string of the molecule is O=C(CC1CC1)Nc1cn(CCCCN2C=C(C(=O)NCc3cccc(OC(F)(F)F)c3)NN2)nn1. The third kappa shape index (κ3) is 8.15. The second-order valence-electron chi connectivity index (χ2n) is 8.62. The van der Waals surface area contributed by atoms with Crippen molar-refractivity contribution >= 4 is 17.6 Å². The van der Waals surface area contributed by atoms with Crippen molar-refractivity contribution in [2.24, 2.45) is 5.92 Å². The van der Waals surface area contributed by atoms with E-state index in [9.17, 15) is 22.8 Å². The number of benzene rings is 1. The van der Waals surface area contributed by atoms with E-state index in [1.54, 1.807) is 28.2 Å². The number of halogens is 3. The summed E-state index contributed by atoms with van der Waals surface area (Å²) in [6.07, 6.45) is 2.87. The molecule has 1 aliphatic heterocycles. The van der Waals surface area contributed by atoms with Crippen LogP contribution in [-0.2, 0) is 22.7 Å². The molecule has 1 aromatic heterocycles. The van der Waals surface area contributed by atoms with Gasteiger partial charge in [-0.1, -0.05) is 17.3 Å². The maximum absolute atomic E-state index is 12.4. The van der Waals surface area contributed by atoms with Gasteiger partial charge in [0.05, 0.1) is 6.20 Å². The molecule has 0 spiro atoms. The lowest BCUT2D eigenvalue weighted by Gasteiger charge is -2.14. The number of hydrazine groups is 2. The smallest absolute Gasteiger partial charge is 0.406 e. The molecule has 0 radical (unpaired) electrons. The van der Waals surface area contributed by atoms with Gasteiger partial charge in [-0.25, -0.2) is 0 Å². The monoisotopic (exact) mass is 508 g/mol. The topological polar surface area (TPSA) is 125 Å². The Kier molecular flexibility index (Phi) is 7.93. The average molecular weight is 509 g/mol. The van der Waals surface area contributed by atoms with E-state index in [0.717, 1.165) is 25.7 Å². The number of amides is 2. The van der Waals surface area contributed by atoms with E-state index in [1.807, 2.05) is 0 Å². The number of nitrogens with one attached hydrogen (secondary N) is 4. The summed E-state index contributed by atoms with van der Waals surface area (Å²) in [7, 11) is 0. The number of nitrogens with zero attached hydrogens (tertiary/aromatic N) is 4. The molecule has 0 unspecified atom stereocenters. The minimum Gasteiger partial charge on any atom is -0.406 e. The van der Waals surface area contributed by atoms with Gasteiger partial charge in [0, 0.05) is 32.3 Å². The summed E-state index contributed by atoms with van der Waals surface area (Å²) in [5.74, 6) is 0.164. The molecule has 36 heavy (non-hydrogen) atoms. The van der Waals surface area contributed by atoms with Crippen LogP contribution in [0.3, 0.4) is 0 Å². The van der Waals surface area contributed by atoms with Crippen LogP contribution in [0.2, 0.25) is 0 Å². The summed E-state index contributed by atoms with van der Waals surface area (Å²) in [5, 5.41) is 15.1. The molecule has 1 aliphatic carbocycles. The molecule has 2 heterocycles. The van der Waals surface area contributed by atoms with Gasteiger partial charge in [0.2, 0.25) is 5.91 Å². The highest BCUT2D eigenvalue weighted by Crippen LogP contribution is 2.32. The number of aromatic nitrogens is 3. The summed E-state index contributed by atoms with van der Waals surface area (Å²) in [6, 6.07) is 5.42. The molecule has 11 nitrogen and oxygen atoms in total. The molecule has 2 aliphatic rings. The van der Waals surface area contributed by atoms with Crippen molar-refractivity contribution in [3.05, 3.63) is 47.9 Å². The van der Waals surface area contributed by atoms with Crippen LogP contribution < -0.4 is 26.3 Å². The first-order valence-electron chi connectivity index (χ1n) is 11.6. The first kappa shape index (κ1) is 25.3. The predicted octanol–water partition coefficient (Wildman–Crippen LogP) is 2.18. The van der Waals surface area contributed by atoms with Crippen LogP contribution in [0, 0.1) is 5.92 Å². The van der Waals surface area contributed by atoms with E-state index >= 15 is 0 Å². The molecule has 4 N–H and O–H groups in total. The number of ether oxygens (including phenoxy) is 1. The summed E-state index contributed by atoms with van der Waals surface area (Å²) in [4.78, 5) is 24.2. The first-order chi connectivity index (χ1) is 17.2. The van der Waals surface area contributed by atoms with Gasteiger partial charge < -0.3 is 15.4 Å². The summed E-state index contributed by atoms with van der Waals surface area (Å²) in [5.41, 5.74) is 6.38. The number of anilines is 1. The number of carbonyl (C=O) groups excluding carboxylic acids is 2. The number of hydrogen-bond donors (Lipinski definition) is 4. The number of rotatable bonds is 12. The van der Waals surface area contributed by atoms with Crippen LogP contribution in [0.1, 0.15) is 37.7 Å². The first-order valence-corrected chi connectivity index (χ1v) is 11.6. The zero-order valence-corrected chi connectivity index (χ0v) is 19.3. The third-order valence-corrected chi connectivity index (χ3v) is 5.46. The average Bonchev–Trinajstić information content (AvgIpc) is 3.30. The van der Waals surface area contributed by atoms with Crippen molar-refractivity contribution in [1.29, 1.82) is 0 Å². The predicted molar refractivity (Wildman–Crippen MR) is 121 cm³/mol. The highest BCUT2D eigenvalue weighted by molar-refractivity contribution is 5.92. The van der Waals surface area contributed by atoms with Crippen LogP contribution in [0.5, 0.6) is 5.75 Å². The van der Waals surface area contributed by atoms with Crippen molar-refractivity contribution in [3.8, 4) is 5.75 Å². The Bertz CT molecular complexity index is 1100. The fraction of sp³-hybridized carbons (Fsp3) is 0.455. The second kappa shape index (κ2) is 11.3. The standard InChI is InChI=1S/C22H27F3N8O3/c23-22(24,25)36-17-5-3-4-16(10-17)12-26-21(35)18-13-32(30-28-18)8-1-2-9-33-14-19(29-31-33)27-20(34)11-15-6-7-15/h3-5,10,13-15,28,30H,1-2,6-9,11-12H2,(H,26,35)(H,27,34). The number of carbonyl (C=O) groups is 2. The van der Waals surface area contributed by atoms with Crippen LogP contribution in [0.4, 0.5) is 19.0 Å².